The fraction of sp³-hybridized carbons (Fsp3) is 0.455. The predicted molar refractivity (Wildman–Crippen MR) is 114 cm³/mol. The summed E-state index contributed by atoms with van der Waals surface area (Å²) in [6.45, 7) is 3.43. The minimum absolute atomic E-state index is 0.00954. The molecule has 2 saturated heterocycles. The van der Waals surface area contributed by atoms with Gasteiger partial charge in [-0.2, -0.15) is 4.72 Å². The van der Waals surface area contributed by atoms with Gasteiger partial charge in [0.1, 0.15) is 17.9 Å². The maximum absolute atomic E-state index is 13.4. The lowest BCUT2D eigenvalue weighted by atomic mass is 10.1. The van der Waals surface area contributed by atoms with Gasteiger partial charge in [-0.15, -0.1) is 0 Å². The molecule has 2 atom stereocenters. The van der Waals surface area contributed by atoms with E-state index in [0.29, 0.717) is 36.8 Å². The van der Waals surface area contributed by atoms with Gasteiger partial charge < -0.3 is 9.80 Å². The Morgan fingerprint density at radius 3 is 2.48 bits per heavy atom. The third kappa shape index (κ3) is 4.43. The van der Waals surface area contributed by atoms with E-state index in [9.17, 15) is 22.4 Å². The van der Waals surface area contributed by atoms with E-state index in [4.69, 9.17) is 0 Å². The number of sulfonamides is 1. The lowest BCUT2D eigenvalue weighted by molar-refractivity contribution is -0.143. The SMILES string of the molecule is C[C@@H](C(=O)N1CCCCC1)N1CCC(NS(=O)(=O)c2ccc3cc(F)ccc3c2)C1=O. The number of hydrogen-bond donors (Lipinski definition) is 1. The Hall–Kier alpha value is -2.52. The quantitative estimate of drug-likeness (QED) is 0.762. The largest absolute Gasteiger partial charge is 0.341 e. The van der Waals surface area contributed by atoms with Crippen molar-refractivity contribution in [1.82, 2.24) is 14.5 Å². The van der Waals surface area contributed by atoms with Crippen molar-refractivity contribution in [3.8, 4) is 0 Å². The van der Waals surface area contributed by atoms with Crippen LogP contribution < -0.4 is 4.72 Å². The van der Waals surface area contributed by atoms with Gasteiger partial charge in [-0.25, -0.2) is 12.8 Å². The zero-order chi connectivity index (χ0) is 22.2. The minimum Gasteiger partial charge on any atom is -0.341 e. The maximum atomic E-state index is 13.4. The van der Waals surface area contributed by atoms with Crippen LogP contribution in [0.25, 0.3) is 10.8 Å². The number of carbonyl (C=O) groups is 2. The summed E-state index contributed by atoms with van der Waals surface area (Å²) in [5.74, 6) is -0.867. The number of nitrogens with one attached hydrogen (secondary N) is 1. The number of likely N-dealkylation sites (tertiary alicyclic amines) is 2. The number of carbonyl (C=O) groups excluding carboxylic acids is 2. The van der Waals surface area contributed by atoms with Crippen LogP contribution in [0.15, 0.2) is 41.3 Å². The highest BCUT2D eigenvalue weighted by atomic mass is 32.2. The molecule has 2 heterocycles. The third-order valence-electron chi connectivity index (χ3n) is 6.11. The summed E-state index contributed by atoms with van der Waals surface area (Å²) < 4.78 is 41.6. The van der Waals surface area contributed by atoms with Crippen LogP contribution in [-0.4, -0.2) is 61.7 Å². The van der Waals surface area contributed by atoms with E-state index < -0.39 is 27.9 Å². The predicted octanol–water partition coefficient (Wildman–Crippen LogP) is 2.26. The van der Waals surface area contributed by atoms with Crippen LogP contribution >= 0.6 is 0 Å². The molecule has 1 unspecified atom stereocenters. The third-order valence-corrected chi connectivity index (χ3v) is 7.58. The highest BCUT2D eigenvalue weighted by molar-refractivity contribution is 7.89. The van der Waals surface area contributed by atoms with Crippen molar-refractivity contribution >= 4 is 32.6 Å². The van der Waals surface area contributed by atoms with Gasteiger partial charge in [0.2, 0.25) is 21.8 Å². The topological polar surface area (TPSA) is 86.8 Å². The van der Waals surface area contributed by atoms with E-state index >= 15 is 0 Å². The lowest BCUT2D eigenvalue weighted by Crippen LogP contribution is -2.51. The molecule has 0 saturated carbocycles. The second kappa shape index (κ2) is 8.55. The summed E-state index contributed by atoms with van der Waals surface area (Å²) in [7, 11) is -3.95. The van der Waals surface area contributed by atoms with Gasteiger partial charge in [0.15, 0.2) is 0 Å². The van der Waals surface area contributed by atoms with Crippen molar-refractivity contribution < 1.29 is 22.4 Å². The van der Waals surface area contributed by atoms with Crippen molar-refractivity contribution in [2.24, 2.45) is 0 Å². The van der Waals surface area contributed by atoms with E-state index in [-0.39, 0.29) is 16.7 Å². The van der Waals surface area contributed by atoms with Gasteiger partial charge >= 0.3 is 0 Å². The van der Waals surface area contributed by atoms with Crippen LogP contribution in [0.1, 0.15) is 32.6 Å². The average Bonchev–Trinajstić information content (AvgIpc) is 3.12. The molecule has 2 fully saturated rings. The summed E-state index contributed by atoms with van der Waals surface area (Å²) in [6.07, 6.45) is 3.34. The molecule has 9 heteroatoms. The van der Waals surface area contributed by atoms with Gasteiger partial charge in [-0.3, -0.25) is 9.59 Å². The summed E-state index contributed by atoms with van der Waals surface area (Å²) in [6, 6.07) is 6.97. The molecule has 2 aliphatic heterocycles. The Labute approximate surface area is 181 Å². The molecule has 0 radical (unpaired) electrons. The number of benzene rings is 2. The Bertz CT molecular complexity index is 1110. The highest BCUT2D eigenvalue weighted by Gasteiger charge is 2.40. The van der Waals surface area contributed by atoms with E-state index in [1.165, 1.54) is 41.3 Å². The first-order valence-electron chi connectivity index (χ1n) is 10.6. The number of halogens is 1. The molecule has 0 spiro atoms. The molecule has 166 valence electrons. The smallest absolute Gasteiger partial charge is 0.245 e. The molecule has 0 aliphatic carbocycles. The molecule has 31 heavy (non-hydrogen) atoms. The molecule has 7 nitrogen and oxygen atoms in total. The van der Waals surface area contributed by atoms with Crippen molar-refractivity contribution in [3.63, 3.8) is 0 Å². The van der Waals surface area contributed by atoms with Gasteiger partial charge in [0.25, 0.3) is 0 Å². The molecule has 1 N–H and O–H groups in total. The zero-order valence-electron chi connectivity index (χ0n) is 17.4. The van der Waals surface area contributed by atoms with Crippen LogP contribution in [-0.2, 0) is 19.6 Å². The Balaban J connectivity index is 1.46. The standard InChI is InChI=1S/C22H26FN3O4S/c1-15(21(27)25-10-3-2-4-11-25)26-12-9-20(22(26)28)24-31(29,30)19-8-6-16-13-18(23)7-5-17(16)14-19/h5-8,13-15,20,24H,2-4,9-12H2,1H3/t15-,20?/m0/s1. The first kappa shape index (κ1) is 21.7. The molecule has 0 aromatic heterocycles. The number of hydrogen-bond acceptors (Lipinski definition) is 4. The van der Waals surface area contributed by atoms with Gasteiger partial charge in [-0.1, -0.05) is 12.1 Å². The number of amides is 2. The second-order valence-corrected chi connectivity index (χ2v) is 9.92. The van der Waals surface area contributed by atoms with E-state index in [1.807, 2.05) is 0 Å². The second-order valence-electron chi connectivity index (χ2n) is 8.21. The van der Waals surface area contributed by atoms with Crippen molar-refractivity contribution in [2.75, 3.05) is 19.6 Å². The summed E-state index contributed by atoms with van der Waals surface area (Å²) >= 11 is 0. The molecule has 2 aromatic rings. The number of nitrogens with zero attached hydrogens (tertiary/aromatic N) is 2. The minimum atomic E-state index is -3.95. The van der Waals surface area contributed by atoms with E-state index in [0.717, 1.165) is 19.3 Å². The van der Waals surface area contributed by atoms with Crippen molar-refractivity contribution in [3.05, 3.63) is 42.2 Å². The first-order valence-corrected chi connectivity index (χ1v) is 12.1. The molecular weight excluding hydrogens is 421 g/mol. The number of fused-ring (bicyclic) bond motifs is 1. The Kier molecular flexibility index (Phi) is 5.98. The summed E-state index contributed by atoms with van der Waals surface area (Å²) in [4.78, 5) is 28.9. The van der Waals surface area contributed by atoms with Gasteiger partial charge in [-0.05, 0) is 67.6 Å². The molecule has 2 aromatic carbocycles. The van der Waals surface area contributed by atoms with Crippen molar-refractivity contribution in [1.29, 1.82) is 0 Å². The molecule has 2 amide bonds. The fourth-order valence-corrected chi connectivity index (χ4v) is 5.58. The van der Waals surface area contributed by atoms with Crippen LogP contribution in [0.2, 0.25) is 0 Å². The van der Waals surface area contributed by atoms with Crippen LogP contribution in [0.4, 0.5) is 4.39 Å². The van der Waals surface area contributed by atoms with Crippen LogP contribution in [0.3, 0.4) is 0 Å². The zero-order valence-corrected chi connectivity index (χ0v) is 18.2. The van der Waals surface area contributed by atoms with Crippen molar-refractivity contribution in [2.45, 2.75) is 49.6 Å². The van der Waals surface area contributed by atoms with E-state index in [1.54, 1.807) is 11.8 Å². The van der Waals surface area contributed by atoms with E-state index in [2.05, 4.69) is 4.72 Å². The first-order chi connectivity index (χ1) is 14.8. The normalized spacial score (nSPS) is 21.0. The molecule has 0 bridgehead atoms. The lowest BCUT2D eigenvalue weighted by Gasteiger charge is -2.32. The number of rotatable bonds is 5. The maximum Gasteiger partial charge on any atom is 0.245 e. The monoisotopic (exact) mass is 447 g/mol. The summed E-state index contributed by atoms with van der Waals surface area (Å²) in [5, 5.41) is 1.18. The average molecular weight is 448 g/mol. The van der Waals surface area contributed by atoms with Gasteiger partial charge in [0.05, 0.1) is 4.90 Å². The highest BCUT2D eigenvalue weighted by Crippen LogP contribution is 2.23. The molecule has 2 aliphatic rings. The molecular formula is C22H26FN3O4S. The fourth-order valence-electron chi connectivity index (χ4n) is 4.32. The molecule has 4 rings (SSSR count). The summed E-state index contributed by atoms with van der Waals surface area (Å²) in [5.41, 5.74) is 0. The Morgan fingerprint density at radius 2 is 1.74 bits per heavy atom. The Morgan fingerprint density at radius 1 is 1.06 bits per heavy atom. The number of piperidine rings is 1. The van der Waals surface area contributed by atoms with Crippen LogP contribution in [0.5, 0.6) is 0 Å². The van der Waals surface area contributed by atoms with Gasteiger partial charge in [0, 0.05) is 19.6 Å². The van der Waals surface area contributed by atoms with Crippen LogP contribution in [0, 0.1) is 5.82 Å².